The lowest BCUT2D eigenvalue weighted by molar-refractivity contribution is 0.395. The summed E-state index contributed by atoms with van der Waals surface area (Å²) in [6.07, 6.45) is 5.88. The Labute approximate surface area is 215 Å². The first kappa shape index (κ1) is 24.4. The van der Waals surface area contributed by atoms with Gasteiger partial charge in [-0.05, 0) is 64.3 Å². The highest BCUT2D eigenvalue weighted by Gasteiger charge is 2.32. The van der Waals surface area contributed by atoms with E-state index in [9.17, 15) is 4.79 Å². The van der Waals surface area contributed by atoms with Gasteiger partial charge in [0.25, 0.3) is 5.56 Å². The van der Waals surface area contributed by atoms with Gasteiger partial charge in [0.2, 0.25) is 0 Å². The van der Waals surface area contributed by atoms with Crippen molar-refractivity contribution in [3.63, 3.8) is 0 Å². The maximum Gasteiger partial charge on any atom is 0.295 e. The molecule has 0 bridgehead atoms. The van der Waals surface area contributed by atoms with Gasteiger partial charge in [0.05, 0.1) is 24.0 Å². The maximum atomic E-state index is 13.6. The first-order valence-corrected chi connectivity index (χ1v) is 13.4. The molecule has 0 amide bonds. The number of anilines is 1. The number of nitrogens with zero attached hydrogens (tertiary/aromatic N) is 6. The third-order valence-corrected chi connectivity index (χ3v) is 7.11. The first-order chi connectivity index (χ1) is 17.3. The smallest absolute Gasteiger partial charge is 0.295 e. The number of hydrogen-bond acceptors (Lipinski definition) is 9. The normalized spacial score (nSPS) is 16.2. The molecule has 1 aliphatic carbocycles. The van der Waals surface area contributed by atoms with E-state index < -0.39 is 5.54 Å². The zero-order valence-electron chi connectivity index (χ0n) is 21.4. The Hall–Kier alpha value is -3.27. The van der Waals surface area contributed by atoms with E-state index >= 15 is 0 Å². The lowest BCUT2D eigenvalue weighted by atomic mass is 10.0. The van der Waals surface area contributed by atoms with Crippen molar-refractivity contribution in [1.82, 2.24) is 29.8 Å². The Kier molecular flexibility index (Phi) is 6.55. The molecular weight excluding hydrogens is 472 g/mol. The zero-order chi connectivity index (χ0) is 25.4. The van der Waals surface area contributed by atoms with Crippen molar-refractivity contribution >= 4 is 40.0 Å². The van der Waals surface area contributed by atoms with Gasteiger partial charge in [-0.3, -0.25) is 19.3 Å². The summed E-state index contributed by atoms with van der Waals surface area (Å²) in [6, 6.07) is 4.02. The van der Waals surface area contributed by atoms with E-state index in [1.54, 1.807) is 22.5 Å². The van der Waals surface area contributed by atoms with Crippen LogP contribution in [-0.4, -0.2) is 42.6 Å². The lowest BCUT2D eigenvalue weighted by Gasteiger charge is -2.25. The van der Waals surface area contributed by atoms with Crippen molar-refractivity contribution in [2.24, 2.45) is 10.9 Å². The second-order valence-corrected chi connectivity index (χ2v) is 11.4. The minimum atomic E-state index is -0.515. The Morgan fingerprint density at radius 2 is 1.97 bits per heavy atom. The van der Waals surface area contributed by atoms with Crippen LogP contribution in [0.5, 0.6) is 0 Å². The molecule has 1 saturated carbocycles. The van der Waals surface area contributed by atoms with Crippen LogP contribution in [0.2, 0.25) is 0 Å². The van der Waals surface area contributed by atoms with Gasteiger partial charge in [-0.25, -0.2) is 15.0 Å². The first-order valence-electron chi connectivity index (χ1n) is 12.4. The predicted octanol–water partition coefficient (Wildman–Crippen LogP) is 4.20. The van der Waals surface area contributed by atoms with E-state index in [1.165, 1.54) is 0 Å². The second-order valence-electron chi connectivity index (χ2n) is 10.1. The van der Waals surface area contributed by atoms with Crippen molar-refractivity contribution in [3.05, 3.63) is 52.1 Å². The minimum Gasteiger partial charge on any atom is -0.369 e. The average Bonchev–Trinajstić information content (AvgIpc) is 3.68. The fraction of sp³-hybridized carbons (Fsp3) is 0.462. The van der Waals surface area contributed by atoms with Crippen LogP contribution in [0.3, 0.4) is 0 Å². The molecule has 2 aliphatic rings. The van der Waals surface area contributed by atoms with Gasteiger partial charge in [-0.15, -0.1) is 11.8 Å². The number of thioether (sulfide) groups is 1. The van der Waals surface area contributed by atoms with Gasteiger partial charge in [-0.2, -0.15) is 0 Å². The molecule has 1 fully saturated rings. The SMILES string of the molecule is CCSc1ccc(CNc2nc3cnc(C4=C(C5CC5)NCN=C4C)nc3n(C(C)(C)C)c2=O)nc1. The van der Waals surface area contributed by atoms with Gasteiger partial charge in [0.15, 0.2) is 17.3 Å². The number of aromatic nitrogens is 5. The number of allylic oxidation sites excluding steroid dienone is 2. The van der Waals surface area contributed by atoms with Gasteiger partial charge in [0, 0.05) is 28.0 Å². The summed E-state index contributed by atoms with van der Waals surface area (Å²) < 4.78 is 1.71. The summed E-state index contributed by atoms with van der Waals surface area (Å²) in [5.74, 6) is 2.34. The molecule has 0 spiro atoms. The van der Waals surface area contributed by atoms with Crippen molar-refractivity contribution in [3.8, 4) is 0 Å². The van der Waals surface area contributed by atoms with Crippen LogP contribution in [0.25, 0.3) is 16.7 Å². The molecule has 0 atom stereocenters. The lowest BCUT2D eigenvalue weighted by Crippen LogP contribution is -2.37. The van der Waals surface area contributed by atoms with Crippen LogP contribution < -0.4 is 16.2 Å². The molecule has 4 heterocycles. The molecule has 0 saturated heterocycles. The van der Waals surface area contributed by atoms with Crippen LogP contribution in [-0.2, 0) is 12.1 Å². The Morgan fingerprint density at radius 3 is 2.64 bits per heavy atom. The maximum absolute atomic E-state index is 13.6. The van der Waals surface area contributed by atoms with Crippen molar-refractivity contribution in [2.75, 3.05) is 17.7 Å². The Morgan fingerprint density at radius 1 is 1.17 bits per heavy atom. The molecule has 0 radical (unpaired) electrons. The monoisotopic (exact) mass is 504 g/mol. The standard InChI is InChI=1S/C26H32N8OS/c1-6-36-18-10-9-17(27-12-18)11-28-23-25(35)34(26(3,4)5)24-19(32-23)13-29-22(33-24)20-15(2)30-14-31-21(20)16-7-8-16/h9-10,12-13,16,31H,6-8,11,14H2,1-5H3,(H,28,32). The number of pyridine rings is 1. The number of fused-ring (bicyclic) bond motifs is 1. The van der Waals surface area contributed by atoms with E-state index in [0.29, 0.717) is 36.1 Å². The van der Waals surface area contributed by atoms with Crippen LogP contribution in [0.15, 0.2) is 44.9 Å². The highest BCUT2D eigenvalue weighted by Crippen LogP contribution is 2.39. The largest absolute Gasteiger partial charge is 0.369 e. The Balaban J connectivity index is 1.54. The van der Waals surface area contributed by atoms with Crippen molar-refractivity contribution in [1.29, 1.82) is 0 Å². The molecule has 2 N–H and O–H groups in total. The van der Waals surface area contributed by atoms with Crippen LogP contribution in [0.1, 0.15) is 59.0 Å². The Bertz CT molecular complexity index is 1410. The minimum absolute atomic E-state index is 0.221. The average molecular weight is 505 g/mol. The van der Waals surface area contributed by atoms with Crippen LogP contribution in [0, 0.1) is 5.92 Å². The molecule has 3 aromatic rings. The van der Waals surface area contributed by atoms with Gasteiger partial charge >= 0.3 is 0 Å². The molecule has 10 heteroatoms. The van der Waals surface area contributed by atoms with E-state index in [1.807, 2.05) is 46.0 Å². The highest BCUT2D eigenvalue weighted by molar-refractivity contribution is 7.99. The van der Waals surface area contributed by atoms with Crippen molar-refractivity contribution < 1.29 is 0 Å². The molecule has 188 valence electrons. The summed E-state index contributed by atoms with van der Waals surface area (Å²) in [5.41, 5.74) is 4.20. The van der Waals surface area contributed by atoms with Crippen molar-refractivity contribution in [2.45, 2.75) is 64.4 Å². The van der Waals surface area contributed by atoms with Gasteiger partial charge < -0.3 is 10.6 Å². The molecule has 0 aromatic carbocycles. The molecule has 36 heavy (non-hydrogen) atoms. The molecule has 1 aliphatic heterocycles. The fourth-order valence-corrected chi connectivity index (χ4v) is 5.01. The molecular formula is C26H32N8OS. The molecule has 0 unspecified atom stereocenters. The zero-order valence-corrected chi connectivity index (χ0v) is 22.2. The summed E-state index contributed by atoms with van der Waals surface area (Å²) in [5, 5.41) is 6.62. The molecule has 9 nitrogen and oxygen atoms in total. The fourth-order valence-electron chi connectivity index (χ4n) is 4.39. The van der Waals surface area contributed by atoms with Gasteiger partial charge in [-0.1, -0.05) is 6.92 Å². The number of hydrogen-bond donors (Lipinski definition) is 2. The summed E-state index contributed by atoms with van der Waals surface area (Å²) in [6.45, 7) is 11.1. The van der Waals surface area contributed by atoms with Gasteiger partial charge in [0.1, 0.15) is 12.2 Å². The number of nitrogens with one attached hydrogen (secondary N) is 2. The summed E-state index contributed by atoms with van der Waals surface area (Å²) in [7, 11) is 0. The number of aliphatic imine (C=N–C) groups is 1. The third kappa shape index (κ3) is 4.86. The van der Waals surface area contributed by atoms with E-state index in [0.717, 1.165) is 46.2 Å². The summed E-state index contributed by atoms with van der Waals surface area (Å²) in [4.78, 5) is 38.0. The molecule has 3 aromatic heterocycles. The molecule has 5 rings (SSSR count). The van der Waals surface area contributed by atoms with E-state index in [2.05, 4.69) is 37.5 Å². The quantitative estimate of drug-likeness (QED) is 0.461. The second kappa shape index (κ2) is 9.65. The van der Waals surface area contributed by atoms with E-state index in [-0.39, 0.29) is 11.4 Å². The van der Waals surface area contributed by atoms with Crippen LogP contribution in [0.4, 0.5) is 5.82 Å². The summed E-state index contributed by atoms with van der Waals surface area (Å²) >= 11 is 1.75. The third-order valence-electron chi connectivity index (χ3n) is 6.24. The highest BCUT2D eigenvalue weighted by atomic mass is 32.2. The van der Waals surface area contributed by atoms with Crippen LogP contribution >= 0.6 is 11.8 Å². The predicted molar refractivity (Wildman–Crippen MR) is 145 cm³/mol. The number of rotatable bonds is 7. The van der Waals surface area contributed by atoms with E-state index in [4.69, 9.17) is 4.98 Å². The topological polar surface area (TPSA) is 110 Å².